The molecule has 4 atom stereocenters. The van der Waals surface area contributed by atoms with E-state index < -0.39 is 5.24 Å². The summed E-state index contributed by atoms with van der Waals surface area (Å²) >= 11 is 5.16. The summed E-state index contributed by atoms with van der Waals surface area (Å²) in [5.74, 6) is 0.644. The number of fused-ring (bicyclic) bond motifs is 2. The zero-order valence-electron chi connectivity index (χ0n) is 11.6. The number of rotatable bonds is 2. The van der Waals surface area contributed by atoms with E-state index in [1.54, 1.807) is 31.4 Å². The number of benzene rings is 1. The molecule has 1 aromatic rings. The first kappa shape index (κ1) is 15.2. The number of aliphatic hydroxyl groups excluding tert-OH is 1. The van der Waals surface area contributed by atoms with Crippen LogP contribution in [0.1, 0.15) is 23.7 Å². The smallest absolute Gasteiger partial charge is 0.252 e. The molecule has 0 spiro atoms. The lowest BCUT2D eigenvalue weighted by Gasteiger charge is -2.28. The van der Waals surface area contributed by atoms with Crippen LogP contribution in [0.3, 0.4) is 0 Å². The van der Waals surface area contributed by atoms with Gasteiger partial charge in [-0.05, 0) is 24.9 Å². The summed E-state index contributed by atoms with van der Waals surface area (Å²) in [5, 5.41) is 9.15. The van der Waals surface area contributed by atoms with Gasteiger partial charge in [0.15, 0.2) is 0 Å². The van der Waals surface area contributed by atoms with Crippen LogP contribution in [0.4, 0.5) is 0 Å². The van der Waals surface area contributed by atoms with Gasteiger partial charge in [0.2, 0.25) is 0 Å². The van der Waals surface area contributed by atoms with Gasteiger partial charge in [-0.25, -0.2) is 0 Å². The Morgan fingerprint density at radius 3 is 2.30 bits per heavy atom. The minimum absolute atomic E-state index is 0.126. The third-order valence-electron chi connectivity index (χ3n) is 4.30. The molecule has 0 aromatic heterocycles. The van der Waals surface area contributed by atoms with Gasteiger partial charge in [0, 0.05) is 24.5 Å². The van der Waals surface area contributed by atoms with Crippen molar-refractivity contribution in [3.8, 4) is 0 Å². The van der Waals surface area contributed by atoms with Crippen LogP contribution in [0.15, 0.2) is 42.5 Å². The summed E-state index contributed by atoms with van der Waals surface area (Å²) in [6.07, 6.45) is 4.93. The molecular weight excluding hydrogens is 276 g/mol. The first-order chi connectivity index (χ1) is 9.49. The number of carbonyl (C=O) groups excluding carboxylic acids is 1. The molecule has 1 saturated carbocycles. The van der Waals surface area contributed by atoms with Crippen molar-refractivity contribution in [1.29, 1.82) is 0 Å². The Kier molecular flexibility index (Phi) is 4.63. The maximum Gasteiger partial charge on any atom is 0.252 e. The number of methoxy groups -OCH3 is 1. The van der Waals surface area contributed by atoms with E-state index in [4.69, 9.17) is 16.3 Å². The summed E-state index contributed by atoms with van der Waals surface area (Å²) in [7, 11) is 1.73. The summed E-state index contributed by atoms with van der Waals surface area (Å²) < 4.78 is 5.43. The van der Waals surface area contributed by atoms with Crippen molar-refractivity contribution in [2.75, 3.05) is 7.11 Å². The summed E-state index contributed by atoms with van der Waals surface area (Å²) in [5.41, 5.74) is 0.415. The fourth-order valence-electron chi connectivity index (χ4n) is 2.97. The Morgan fingerprint density at radius 2 is 2.00 bits per heavy atom. The molecule has 1 fully saturated rings. The summed E-state index contributed by atoms with van der Waals surface area (Å²) in [6.45, 7) is 2.08. The van der Waals surface area contributed by atoms with Crippen molar-refractivity contribution >= 4 is 16.8 Å². The number of hydrogen-bond donors (Lipinski definition) is 1. The Balaban J connectivity index is 0.000000151. The van der Waals surface area contributed by atoms with Crippen molar-refractivity contribution in [3.05, 3.63) is 48.0 Å². The quantitative estimate of drug-likeness (QED) is 0.674. The molecule has 2 aliphatic rings. The van der Waals surface area contributed by atoms with Crippen LogP contribution in [-0.2, 0) is 4.74 Å². The van der Waals surface area contributed by atoms with Crippen molar-refractivity contribution < 1.29 is 14.6 Å². The van der Waals surface area contributed by atoms with E-state index in [0.717, 1.165) is 6.42 Å². The molecule has 0 radical (unpaired) electrons. The second-order valence-corrected chi connectivity index (χ2v) is 5.69. The van der Waals surface area contributed by atoms with Crippen LogP contribution in [0, 0.1) is 11.8 Å². The second kappa shape index (κ2) is 6.08. The summed E-state index contributed by atoms with van der Waals surface area (Å²) in [4.78, 5) is 10.4. The fraction of sp³-hybridized carbons (Fsp3) is 0.438. The highest BCUT2D eigenvalue weighted by atomic mass is 35.5. The molecule has 1 N–H and O–H groups in total. The standard InChI is InChI=1S/C9H14O2.C7H5ClO/c1-9(11-2)6-3-4-7(9)8(10)5-6;8-7(9)6-4-2-1-3-5-6/h3-4,6-8,10H,5H2,1-2H3;1-5H. The Labute approximate surface area is 124 Å². The Hall–Kier alpha value is -1.16. The van der Waals surface area contributed by atoms with Crippen LogP contribution in [0.25, 0.3) is 0 Å². The van der Waals surface area contributed by atoms with E-state index in [2.05, 4.69) is 19.1 Å². The van der Waals surface area contributed by atoms with Gasteiger partial charge in [-0.1, -0.05) is 42.5 Å². The fourth-order valence-corrected chi connectivity index (χ4v) is 3.10. The van der Waals surface area contributed by atoms with Gasteiger partial charge in [0.25, 0.3) is 5.24 Å². The first-order valence-corrected chi connectivity index (χ1v) is 7.03. The third kappa shape index (κ3) is 2.80. The maximum absolute atomic E-state index is 10.4. The van der Waals surface area contributed by atoms with Gasteiger partial charge in [-0.3, -0.25) is 4.79 Å². The van der Waals surface area contributed by atoms with E-state index in [1.165, 1.54) is 0 Å². The summed E-state index contributed by atoms with van der Waals surface area (Å²) in [6, 6.07) is 8.74. The lowest BCUT2D eigenvalue weighted by Crippen LogP contribution is -2.35. The third-order valence-corrected chi connectivity index (χ3v) is 4.52. The largest absolute Gasteiger partial charge is 0.392 e. The number of halogens is 1. The molecule has 108 valence electrons. The molecule has 4 unspecified atom stereocenters. The predicted molar refractivity (Wildman–Crippen MR) is 78.8 cm³/mol. The number of aliphatic hydroxyl groups is 1. The molecule has 3 nitrogen and oxygen atoms in total. The lowest BCUT2D eigenvalue weighted by molar-refractivity contribution is -0.0375. The van der Waals surface area contributed by atoms with E-state index in [9.17, 15) is 9.90 Å². The number of hydrogen-bond acceptors (Lipinski definition) is 3. The zero-order chi connectivity index (χ0) is 14.8. The van der Waals surface area contributed by atoms with Gasteiger partial charge in [-0.15, -0.1) is 0 Å². The van der Waals surface area contributed by atoms with E-state index in [-0.39, 0.29) is 17.6 Å². The van der Waals surface area contributed by atoms with Crippen molar-refractivity contribution in [2.24, 2.45) is 11.8 Å². The van der Waals surface area contributed by atoms with Crippen LogP contribution >= 0.6 is 11.6 Å². The first-order valence-electron chi connectivity index (χ1n) is 6.65. The van der Waals surface area contributed by atoms with Crippen LogP contribution in [0.5, 0.6) is 0 Å². The molecule has 0 heterocycles. The molecule has 2 aliphatic carbocycles. The number of carbonyl (C=O) groups is 1. The van der Waals surface area contributed by atoms with Crippen LogP contribution in [0.2, 0.25) is 0 Å². The molecule has 3 rings (SSSR count). The molecule has 0 amide bonds. The average Bonchev–Trinajstić information content (AvgIpc) is 2.90. The Morgan fingerprint density at radius 1 is 1.35 bits per heavy atom. The van der Waals surface area contributed by atoms with E-state index >= 15 is 0 Å². The van der Waals surface area contributed by atoms with Crippen molar-refractivity contribution in [2.45, 2.75) is 25.0 Å². The van der Waals surface area contributed by atoms with Gasteiger partial charge >= 0.3 is 0 Å². The maximum atomic E-state index is 10.4. The normalized spacial score (nSPS) is 33.7. The molecule has 0 saturated heterocycles. The van der Waals surface area contributed by atoms with Gasteiger partial charge < -0.3 is 9.84 Å². The highest BCUT2D eigenvalue weighted by Gasteiger charge is 2.53. The van der Waals surface area contributed by atoms with Gasteiger partial charge in [0.05, 0.1) is 11.7 Å². The molecule has 0 aliphatic heterocycles. The SMILES string of the molecule is COC1(C)C2C=CC1C(O)C2.O=C(Cl)c1ccccc1. The van der Waals surface area contributed by atoms with Gasteiger partial charge in [-0.2, -0.15) is 0 Å². The van der Waals surface area contributed by atoms with E-state index in [0.29, 0.717) is 11.5 Å². The Bertz CT molecular complexity index is 500. The van der Waals surface area contributed by atoms with Crippen LogP contribution < -0.4 is 0 Å². The molecule has 20 heavy (non-hydrogen) atoms. The van der Waals surface area contributed by atoms with Crippen LogP contribution in [-0.4, -0.2) is 29.2 Å². The van der Waals surface area contributed by atoms with Crippen molar-refractivity contribution in [3.63, 3.8) is 0 Å². The molecular formula is C16H19ClO3. The highest BCUT2D eigenvalue weighted by Crippen LogP contribution is 2.49. The zero-order valence-corrected chi connectivity index (χ0v) is 12.4. The topological polar surface area (TPSA) is 46.5 Å². The minimum Gasteiger partial charge on any atom is -0.392 e. The molecule has 1 aromatic carbocycles. The monoisotopic (exact) mass is 294 g/mol. The van der Waals surface area contributed by atoms with E-state index in [1.807, 2.05) is 6.07 Å². The lowest BCUT2D eigenvalue weighted by atomic mass is 9.92. The highest BCUT2D eigenvalue weighted by molar-refractivity contribution is 6.67. The second-order valence-electron chi connectivity index (χ2n) is 5.35. The van der Waals surface area contributed by atoms with Gasteiger partial charge in [0.1, 0.15) is 0 Å². The molecule has 2 bridgehead atoms. The van der Waals surface area contributed by atoms with Crippen molar-refractivity contribution in [1.82, 2.24) is 0 Å². The molecule has 4 heteroatoms. The number of ether oxygens (including phenoxy) is 1. The minimum atomic E-state index is -0.407. The average molecular weight is 295 g/mol. The predicted octanol–water partition coefficient (Wildman–Crippen LogP) is 3.02.